The van der Waals surface area contributed by atoms with Crippen LogP contribution in [0.5, 0.6) is 0 Å². The molecule has 0 saturated carbocycles. The number of rotatable bonds is 6. The van der Waals surface area contributed by atoms with Crippen LogP contribution in [0.3, 0.4) is 0 Å². The number of carbonyl (C=O) groups excluding carboxylic acids is 1. The second-order valence-corrected chi connectivity index (χ2v) is 6.37. The standard InChI is InChI=1S/C17H22N2OS/c1-12(2)16(14-6-4-13(3)5-7-14)17(20)18-9-8-15-10-21-11-19-15/h4-7,10-12,16H,8-9H2,1-3H3,(H,18,20). The highest BCUT2D eigenvalue weighted by atomic mass is 32.1. The Labute approximate surface area is 130 Å². The van der Waals surface area contributed by atoms with Crippen LogP contribution in [0.25, 0.3) is 0 Å². The Morgan fingerprint density at radius 1 is 1.29 bits per heavy atom. The van der Waals surface area contributed by atoms with Gasteiger partial charge in [-0.25, -0.2) is 4.98 Å². The van der Waals surface area contributed by atoms with Gasteiger partial charge in [-0.3, -0.25) is 4.79 Å². The monoisotopic (exact) mass is 302 g/mol. The van der Waals surface area contributed by atoms with Gasteiger partial charge >= 0.3 is 0 Å². The fourth-order valence-corrected chi connectivity index (χ4v) is 2.99. The van der Waals surface area contributed by atoms with Crippen molar-refractivity contribution in [1.82, 2.24) is 10.3 Å². The summed E-state index contributed by atoms with van der Waals surface area (Å²) in [5.74, 6) is 0.275. The maximum absolute atomic E-state index is 12.5. The molecule has 2 rings (SSSR count). The number of carbonyl (C=O) groups is 1. The topological polar surface area (TPSA) is 42.0 Å². The van der Waals surface area contributed by atoms with Crippen molar-refractivity contribution < 1.29 is 4.79 Å². The number of aryl methyl sites for hydroxylation is 1. The van der Waals surface area contributed by atoms with Crippen molar-refractivity contribution in [2.24, 2.45) is 5.92 Å². The molecule has 0 bridgehead atoms. The van der Waals surface area contributed by atoms with Crippen LogP contribution in [-0.2, 0) is 11.2 Å². The molecule has 1 heterocycles. The third-order valence-corrected chi connectivity index (χ3v) is 4.18. The minimum atomic E-state index is -0.0963. The Morgan fingerprint density at radius 2 is 2.00 bits per heavy atom. The first-order valence-electron chi connectivity index (χ1n) is 7.29. The molecule has 1 aromatic heterocycles. The van der Waals surface area contributed by atoms with Crippen LogP contribution in [0, 0.1) is 12.8 Å². The molecule has 112 valence electrons. The van der Waals surface area contributed by atoms with Gasteiger partial charge in [0.1, 0.15) is 0 Å². The van der Waals surface area contributed by atoms with E-state index in [-0.39, 0.29) is 17.7 Å². The van der Waals surface area contributed by atoms with E-state index < -0.39 is 0 Å². The molecule has 2 aromatic rings. The summed E-state index contributed by atoms with van der Waals surface area (Å²) >= 11 is 1.58. The lowest BCUT2D eigenvalue weighted by molar-refractivity contribution is -0.123. The Balaban J connectivity index is 1.97. The average molecular weight is 302 g/mol. The molecular weight excluding hydrogens is 280 g/mol. The molecule has 0 radical (unpaired) electrons. The zero-order valence-electron chi connectivity index (χ0n) is 12.8. The summed E-state index contributed by atoms with van der Waals surface area (Å²) < 4.78 is 0. The number of aromatic nitrogens is 1. The Kier molecular flexibility index (Phi) is 5.51. The summed E-state index contributed by atoms with van der Waals surface area (Å²) in [6.07, 6.45) is 0.786. The number of amides is 1. The van der Waals surface area contributed by atoms with Gasteiger partial charge in [0, 0.05) is 18.3 Å². The summed E-state index contributed by atoms with van der Waals surface area (Å²) in [6, 6.07) is 8.24. The molecule has 1 aromatic carbocycles. The molecule has 0 saturated heterocycles. The van der Waals surface area contributed by atoms with Gasteiger partial charge in [-0.1, -0.05) is 43.7 Å². The van der Waals surface area contributed by atoms with Gasteiger partial charge in [-0.15, -0.1) is 11.3 Å². The van der Waals surface area contributed by atoms with Gasteiger partial charge in [0.05, 0.1) is 17.1 Å². The smallest absolute Gasteiger partial charge is 0.227 e. The van der Waals surface area contributed by atoms with E-state index in [1.807, 2.05) is 10.9 Å². The van der Waals surface area contributed by atoms with Crippen molar-refractivity contribution in [3.05, 3.63) is 52.0 Å². The molecule has 1 unspecified atom stereocenters. The number of nitrogens with zero attached hydrogens (tertiary/aromatic N) is 1. The second kappa shape index (κ2) is 7.36. The zero-order chi connectivity index (χ0) is 15.2. The average Bonchev–Trinajstić information content (AvgIpc) is 2.94. The molecule has 1 amide bonds. The van der Waals surface area contributed by atoms with Crippen molar-refractivity contribution in [3.63, 3.8) is 0 Å². The molecule has 0 aliphatic carbocycles. The van der Waals surface area contributed by atoms with Gasteiger partial charge in [0.15, 0.2) is 0 Å². The number of hydrogen-bond acceptors (Lipinski definition) is 3. The lowest BCUT2D eigenvalue weighted by atomic mass is 9.87. The van der Waals surface area contributed by atoms with Crippen molar-refractivity contribution in [3.8, 4) is 0 Å². The van der Waals surface area contributed by atoms with Crippen LogP contribution < -0.4 is 5.32 Å². The Hall–Kier alpha value is -1.68. The molecule has 0 spiro atoms. The molecular formula is C17H22N2OS. The van der Waals surface area contributed by atoms with E-state index in [4.69, 9.17) is 0 Å². The van der Waals surface area contributed by atoms with Crippen LogP contribution in [-0.4, -0.2) is 17.4 Å². The summed E-state index contributed by atoms with van der Waals surface area (Å²) in [7, 11) is 0. The third kappa shape index (κ3) is 4.39. The first-order chi connectivity index (χ1) is 10.1. The van der Waals surface area contributed by atoms with E-state index >= 15 is 0 Å². The molecule has 0 fully saturated rings. The van der Waals surface area contributed by atoms with Crippen LogP contribution in [0.2, 0.25) is 0 Å². The highest BCUT2D eigenvalue weighted by Gasteiger charge is 2.23. The SMILES string of the molecule is Cc1ccc(C(C(=O)NCCc2cscn2)C(C)C)cc1. The van der Waals surface area contributed by atoms with E-state index in [9.17, 15) is 4.79 Å². The molecule has 3 nitrogen and oxygen atoms in total. The van der Waals surface area contributed by atoms with Gasteiger partial charge in [0.2, 0.25) is 5.91 Å². The summed E-state index contributed by atoms with van der Waals surface area (Å²) in [5, 5.41) is 5.06. The lowest BCUT2D eigenvalue weighted by Gasteiger charge is -2.21. The van der Waals surface area contributed by atoms with Gasteiger partial charge in [-0.2, -0.15) is 0 Å². The lowest BCUT2D eigenvalue weighted by Crippen LogP contribution is -2.33. The molecule has 21 heavy (non-hydrogen) atoms. The number of hydrogen-bond donors (Lipinski definition) is 1. The molecule has 0 aliphatic rings. The molecule has 1 N–H and O–H groups in total. The summed E-state index contributed by atoms with van der Waals surface area (Å²) in [4.78, 5) is 16.7. The summed E-state index contributed by atoms with van der Waals surface area (Å²) in [6.45, 7) is 6.87. The normalized spacial score (nSPS) is 12.4. The van der Waals surface area contributed by atoms with Crippen LogP contribution in [0.15, 0.2) is 35.2 Å². The fraction of sp³-hybridized carbons (Fsp3) is 0.412. The van der Waals surface area contributed by atoms with Crippen molar-refractivity contribution in [2.75, 3.05) is 6.54 Å². The maximum Gasteiger partial charge on any atom is 0.227 e. The van der Waals surface area contributed by atoms with E-state index in [0.29, 0.717) is 6.54 Å². The Bertz CT molecular complexity index is 561. The van der Waals surface area contributed by atoms with Crippen LogP contribution in [0.1, 0.15) is 36.6 Å². The third-order valence-electron chi connectivity index (χ3n) is 3.55. The molecule has 4 heteroatoms. The quantitative estimate of drug-likeness (QED) is 0.886. The fourth-order valence-electron chi connectivity index (χ4n) is 2.40. The number of thiazole rings is 1. The van der Waals surface area contributed by atoms with Crippen molar-refractivity contribution >= 4 is 17.2 Å². The summed E-state index contributed by atoms with van der Waals surface area (Å²) in [5.41, 5.74) is 5.16. The number of nitrogens with one attached hydrogen (secondary N) is 1. The molecule has 1 atom stereocenters. The maximum atomic E-state index is 12.5. The van der Waals surface area contributed by atoms with E-state index in [0.717, 1.165) is 17.7 Å². The first-order valence-corrected chi connectivity index (χ1v) is 8.23. The van der Waals surface area contributed by atoms with Crippen LogP contribution in [0.4, 0.5) is 0 Å². The van der Waals surface area contributed by atoms with E-state index in [1.165, 1.54) is 5.56 Å². The minimum Gasteiger partial charge on any atom is -0.355 e. The second-order valence-electron chi connectivity index (χ2n) is 5.65. The Morgan fingerprint density at radius 3 is 2.57 bits per heavy atom. The van der Waals surface area contributed by atoms with E-state index in [2.05, 4.69) is 55.3 Å². The predicted molar refractivity (Wildman–Crippen MR) is 87.6 cm³/mol. The van der Waals surface area contributed by atoms with E-state index in [1.54, 1.807) is 11.3 Å². The molecule has 0 aliphatic heterocycles. The minimum absolute atomic E-state index is 0.0963. The van der Waals surface area contributed by atoms with Crippen molar-refractivity contribution in [2.45, 2.75) is 33.1 Å². The van der Waals surface area contributed by atoms with Crippen LogP contribution >= 0.6 is 11.3 Å². The van der Waals surface area contributed by atoms with Gasteiger partial charge in [0.25, 0.3) is 0 Å². The predicted octanol–water partition coefficient (Wildman–Crippen LogP) is 3.55. The van der Waals surface area contributed by atoms with Crippen molar-refractivity contribution in [1.29, 1.82) is 0 Å². The van der Waals surface area contributed by atoms with Gasteiger partial charge in [-0.05, 0) is 18.4 Å². The largest absolute Gasteiger partial charge is 0.355 e. The number of benzene rings is 1. The zero-order valence-corrected chi connectivity index (χ0v) is 13.6. The highest BCUT2D eigenvalue weighted by Crippen LogP contribution is 2.25. The first kappa shape index (κ1) is 15.7. The van der Waals surface area contributed by atoms with Gasteiger partial charge < -0.3 is 5.32 Å². The highest BCUT2D eigenvalue weighted by molar-refractivity contribution is 7.07.